The Hall–Kier alpha value is -0.130. The molecular formula is C9H17N3S2. The third-order valence-electron chi connectivity index (χ3n) is 2.02. The summed E-state index contributed by atoms with van der Waals surface area (Å²) in [7, 11) is 0. The number of hydrogen-bond donors (Lipinski definition) is 1. The van der Waals surface area contributed by atoms with Gasteiger partial charge in [-0.1, -0.05) is 36.9 Å². The molecule has 80 valence electrons. The highest BCUT2D eigenvalue weighted by molar-refractivity contribution is 8.01. The standard InChI is InChI=1S/C9H17N3S2/c1-5-10-6(2)7(3)13-9-12-11-8(4)14-9/h6-7,10H,5H2,1-4H3. The van der Waals surface area contributed by atoms with Crippen LogP contribution in [-0.4, -0.2) is 28.0 Å². The van der Waals surface area contributed by atoms with Gasteiger partial charge in [-0.2, -0.15) is 0 Å². The third-order valence-corrected chi connectivity index (χ3v) is 4.26. The first-order chi connectivity index (χ1) is 6.63. The van der Waals surface area contributed by atoms with E-state index in [4.69, 9.17) is 0 Å². The molecule has 0 spiro atoms. The SMILES string of the molecule is CCNC(C)C(C)Sc1nnc(C)s1. The second kappa shape index (κ2) is 5.68. The van der Waals surface area contributed by atoms with E-state index in [1.165, 1.54) is 0 Å². The van der Waals surface area contributed by atoms with Crippen LogP contribution in [0.15, 0.2) is 4.34 Å². The maximum absolute atomic E-state index is 4.10. The highest BCUT2D eigenvalue weighted by atomic mass is 32.2. The van der Waals surface area contributed by atoms with Gasteiger partial charge in [-0.3, -0.25) is 0 Å². The summed E-state index contributed by atoms with van der Waals surface area (Å²) in [5.41, 5.74) is 0. The molecule has 1 aromatic rings. The van der Waals surface area contributed by atoms with Crippen molar-refractivity contribution in [3.8, 4) is 0 Å². The molecule has 0 aromatic carbocycles. The predicted octanol–water partition coefficient (Wildman–Crippen LogP) is 2.33. The summed E-state index contributed by atoms with van der Waals surface area (Å²) >= 11 is 3.46. The zero-order valence-electron chi connectivity index (χ0n) is 9.07. The van der Waals surface area contributed by atoms with Crippen LogP contribution in [0.4, 0.5) is 0 Å². The molecule has 0 saturated carbocycles. The zero-order chi connectivity index (χ0) is 10.6. The van der Waals surface area contributed by atoms with Crippen LogP contribution in [-0.2, 0) is 0 Å². The van der Waals surface area contributed by atoms with Gasteiger partial charge in [0.1, 0.15) is 5.01 Å². The Kier molecular flexibility index (Phi) is 4.84. The van der Waals surface area contributed by atoms with E-state index in [0.29, 0.717) is 11.3 Å². The number of aryl methyl sites for hydroxylation is 1. The van der Waals surface area contributed by atoms with Crippen molar-refractivity contribution in [2.45, 2.75) is 43.3 Å². The first kappa shape index (κ1) is 11.9. The van der Waals surface area contributed by atoms with Gasteiger partial charge in [0.05, 0.1) is 0 Å². The zero-order valence-corrected chi connectivity index (χ0v) is 10.7. The molecule has 1 aromatic heterocycles. The number of thioether (sulfide) groups is 1. The smallest absolute Gasteiger partial charge is 0.174 e. The molecular weight excluding hydrogens is 214 g/mol. The van der Waals surface area contributed by atoms with Crippen molar-refractivity contribution >= 4 is 23.1 Å². The lowest BCUT2D eigenvalue weighted by atomic mass is 10.2. The predicted molar refractivity (Wildman–Crippen MR) is 63.1 cm³/mol. The van der Waals surface area contributed by atoms with Gasteiger partial charge in [0, 0.05) is 11.3 Å². The van der Waals surface area contributed by atoms with Crippen LogP contribution in [0.3, 0.4) is 0 Å². The van der Waals surface area contributed by atoms with Gasteiger partial charge < -0.3 is 5.32 Å². The molecule has 0 bridgehead atoms. The summed E-state index contributed by atoms with van der Waals surface area (Å²) in [4.78, 5) is 0. The molecule has 0 saturated heterocycles. The Morgan fingerprint density at radius 1 is 1.43 bits per heavy atom. The number of nitrogens with one attached hydrogen (secondary N) is 1. The Labute approximate surface area is 93.7 Å². The molecule has 1 N–H and O–H groups in total. The van der Waals surface area contributed by atoms with Gasteiger partial charge in [0.25, 0.3) is 0 Å². The van der Waals surface area contributed by atoms with E-state index in [-0.39, 0.29) is 0 Å². The monoisotopic (exact) mass is 231 g/mol. The topological polar surface area (TPSA) is 37.8 Å². The lowest BCUT2D eigenvalue weighted by molar-refractivity contribution is 0.563. The van der Waals surface area contributed by atoms with Crippen LogP contribution in [0, 0.1) is 6.92 Å². The second-order valence-electron chi connectivity index (χ2n) is 3.26. The van der Waals surface area contributed by atoms with Crippen molar-refractivity contribution in [2.24, 2.45) is 0 Å². The molecule has 1 rings (SSSR count). The van der Waals surface area contributed by atoms with Gasteiger partial charge in [-0.25, -0.2) is 0 Å². The minimum atomic E-state index is 0.509. The summed E-state index contributed by atoms with van der Waals surface area (Å²) in [6.07, 6.45) is 0. The van der Waals surface area contributed by atoms with Crippen LogP contribution < -0.4 is 5.32 Å². The van der Waals surface area contributed by atoms with Gasteiger partial charge in [0.2, 0.25) is 0 Å². The van der Waals surface area contributed by atoms with Crippen molar-refractivity contribution in [3.05, 3.63) is 5.01 Å². The van der Waals surface area contributed by atoms with Gasteiger partial charge >= 0.3 is 0 Å². The van der Waals surface area contributed by atoms with Crippen molar-refractivity contribution in [1.82, 2.24) is 15.5 Å². The minimum absolute atomic E-state index is 0.509. The van der Waals surface area contributed by atoms with E-state index in [9.17, 15) is 0 Å². The molecule has 1 heterocycles. The normalized spacial score (nSPS) is 15.4. The maximum Gasteiger partial charge on any atom is 0.174 e. The molecule has 0 radical (unpaired) electrons. The van der Waals surface area contributed by atoms with E-state index in [0.717, 1.165) is 15.9 Å². The lowest BCUT2D eigenvalue weighted by Crippen LogP contribution is -2.33. The molecule has 0 aliphatic heterocycles. The molecule has 2 unspecified atom stereocenters. The summed E-state index contributed by atoms with van der Waals surface area (Å²) in [5.74, 6) is 0. The van der Waals surface area contributed by atoms with Crippen LogP contribution in [0.5, 0.6) is 0 Å². The molecule has 0 aliphatic carbocycles. The highest BCUT2D eigenvalue weighted by Gasteiger charge is 2.14. The summed E-state index contributed by atoms with van der Waals surface area (Å²) in [6.45, 7) is 9.55. The first-order valence-electron chi connectivity index (χ1n) is 4.83. The summed E-state index contributed by atoms with van der Waals surface area (Å²) in [5, 5.41) is 13.1. The van der Waals surface area contributed by atoms with Gasteiger partial charge in [0.15, 0.2) is 4.34 Å². The molecule has 0 amide bonds. The van der Waals surface area contributed by atoms with Crippen molar-refractivity contribution in [1.29, 1.82) is 0 Å². The van der Waals surface area contributed by atoms with E-state index in [1.807, 2.05) is 6.92 Å². The van der Waals surface area contributed by atoms with Crippen molar-refractivity contribution in [2.75, 3.05) is 6.54 Å². The van der Waals surface area contributed by atoms with E-state index in [2.05, 4.69) is 36.3 Å². The van der Waals surface area contributed by atoms with Crippen molar-refractivity contribution < 1.29 is 0 Å². The molecule has 14 heavy (non-hydrogen) atoms. The molecule has 0 fully saturated rings. The van der Waals surface area contributed by atoms with Gasteiger partial charge in [-0.05, 0) is 20.4 Å². The summed E-state index contributed by atoms with van der Waals surface area (Å²) in [6, 6.07) is 0.509. The highest BCUT2D eigenvalue weighted by Crippen LogP contribution is 2.27. The van der Waals surface area contributed by atoms with E-state index in [1.54, 1.807) is 23.1 Å². The molecule has 2 atom stereocenters. The third kappa shape index (κ3) is 3.55. The van der Waals surface area contributed by atoms with Crippen LogP contribution >= 0.6 is 23.1 Å². The molecule has 0 aliphatic rings. The van der Waals surface area contributed by atoms with Crippen molar-refractivity contribution in [3.63, 3.8) is 0 Å². The number of hydrogen-bond acceptors (Lipinski definition) is 5. The lowest BCUT2D eigenvalue weighted by Gasteiger charge is -2.18. The fraction of sp³-hybridized carbons (Fsp3) is 0.778. The Morgan fingerprint density at radius 2 is 2.14 bits per heavy atom. The Bertz CT molecular complexity index is 275. The largest absolute Gasteiger partial charge is 0.313 e. The fourth-order valence-electron chi connectivity index (χ4n) is 1.08. The average molecular weight is 231 g/mol. The minimum Gasteiger partial charge on any atom is -0.313 e. The van der Waals surface area contributed by atoms with Gasteiger partial charge in [-0.15, -0.1) is 10.2 Å². The van der Waals surface area contributed by atoms with Crippen LogP contribution in [0.1, 0.15) is 25.8 Å². The number of aromatic nitrogens is 2. The maximum atomic E-state index is 4.10. The number of rotatable bonds is 5. The summed E-state index contributed by atoms with van der Waals surface area (Å²) < 4.78 is 1.07. The molecule has 5 heteroatoms. The average Bonchev–Trinajstić information content (AvgIpc) is 2.51. The number of nitrogens with zero attached hydrogens (tertiary/aromatic N) is 2. The Morgan fingerprint density at radius 3 is 2.64 bits per heavy atom. The Balaban J connectivity index is 2.43. The molecule has 3 nitrogen and oxygen atoms in total. The first-order valence-corrected chi connectivity index (χ1v) is 6.53. The van der Waals surface area contributed by atoms with Crippen LogP contribution in [0.25, 0.3) is 0 Å². The second-order valence-corrected chi connectivity index (χ2v) is 6.06. The van der Waals surface area contributed by atoms with E-state index >= 15 is 0 Å². The quantitative estimate of drug-likeness (QED) is 0.789. The fourth-order valence-corrected chi connectivity index (χ4v) is 3.21. The van der Waals surface area contributed by atoms with Crippen LogP contribution in [0.2, 0.25) is 0 Å². The van der Waals surface area contributed by atoms with E-state index < -0.39 is 0 Å².